The molecule has 2 fully saturated rings. The summed E-state index contributed by atoms with van der Waals surface area (Å²) in [5, 5.41) is 45.8. The third kappa shape index (κ3) is 16.3. The van der Waals surface area contributed by atoms with Crippen molar-refractivity contribution in [3.63, 3.8) is 0 Å². The molecule has 0 unspecified atom stereocenters. The minimum absolute atomic E-state index is 0. The van der Waals surface area contributed by atoms with Crippen molar-refractivity contribution < 1.29 is 80.0 Å². The molecular formula is C54H61F5LiN11O8. The van der Waals surface area contributed by atoms with Crippen molar-refractivity contribution in [3.8, 4) is 17.3 Å². The number of ether oxygens (including phenoxy) is 2. The molecule has 2 aliphatic rings. The molecular weight excluding hydrogens is 1030 g/mol. The summed E-state index contributed by atoms with van der Waals surface area (Å²) in [6, 6.07) is 18.3. The normalized spacial score (nSPS) is 16.9. The molecule has 19 nitrogen and oxygen atoms in total. The Labute approximate surface area is 465 Å². The number of esters is 1. The van der Waals surface area contributed by atoms with Gasteiger partial charge in [0.1, 0.15) is 11.7 Å². The Morgan fingerprint density at radius 2 is 1.00 bits per heavy atom. The summed E-state index contributed by atoms with van der Waals surface area (Å²) in [4.78, 5) is 53.4. The largest absolute Gasteiger partial charge is 1.00 e. The van der Waals surface area contributed by atoms with E-state index in [4.69, 9.17) is 4.74 Å². The molecule has 5 aromatic heterocycles. The van der Waals surface area contributed by atoms with Crippen molar-refractivity contribution in [2.24, 2.45) is 0 Å². The zero-order chi connectivity index (χ0) is 56.2. The molecule has 2 aliphatic heterocycles. The van der Waals surface area contributed by atoms with Crippen LogP contribution in [0.3, 0.4) is 0 Å². The molecule has 0 aliphatic carbocycles. The number of aliphatic hydroxyl groups excluding tert-OH is 1. The van der Waals surface area contributed by atoms with Gasteiger partial charge in [-0.2, -0.15) is 38.8 Å². The SMILES string of the molecule is CC(C)(O)c1ccnc(F)c1F.COC(=O)c1ccnc(F)c1F.C[C@@H]1CC[C@@H](O)CN1C(=O)c1ccccc1-n1nccn1.C[C@@H]1CC[C@@H](Oc2nccc(C(C)(C)O)c2F)CN1C(=O)c1ccccc1-n1nccn1.[CH3-].[Li+]. The first-order valence-electron chi connectivity index (χ1n) is 24.2. The van der Waals surface area contributed by atoms with E-state index in [0.29, 0.717) is 41.9 Å². The van der Waals surface area contributed by atoms with Crippen LogP contribution in [0, 0.1) is 36.8 Å². The summed E-state index contributed by atoms with van der Waals surface area (Å²) < 4.78 is 75.4. The Balaban J connectivity index is 0.000000246. The van der Waals surface area contributed by atoms with Gasteiger partial charge in [-0.15, -0.1) is 0 Å². The third-order valence-corrected chi connectivity index (χ3v) is 12.3. The molecule has 7 heterocycles. The van der Waals surface area contributed by atoms with Crippen LogP contribution in [0.2, 0.25) is 0 Å². The second kappa shape index (κ2) is 28.4. The summed E-state index contributed by atoms with van der Waals surface area (Å²) in [7, 11) is 1.08. The van der Waals surface area contributed by atoms with Gasteiger partial charge in [-0.25, -0.2) is 32.9 Å². The van der Waals surface area contributed by atoms with Gasteiger partial charge in [0.2, 0.25) is 11.9 Å². The predicted octanol–water partition coefficient (Wildman–Crippen LogP) is 4.54. The van der Waals surface area contributed by atoms with Gasteiger partial charge in [0, 0.05) is 48.3 Å². The molecule has 0 saturated carbocycles. The van der Waals surface area contributed by atoms with Gasteiger partial charge < -0.3 is 42.0 Å². The number of likely N-dealkylation sites (tertiary alicyclic amines) is 2. The van der Waals surface area contributed by atoms with E-state index in [1.807, 2.05) is 38.1 Å². The fourth-order valence-corrected chi connectivity index (χ4v) is 8.18. The minimum atomic E-state index is -1.38. The number of piperidine rings is 2. The van der Waals surface area contributed by atoms with Crippen LogP contribution < -0.4 is 23.6 Å². The second-order valence-electron chi connectivity index (χ2n) is 18.8. The number of pyridine rings is 3. The van der Waals surface area contributed by atoms with Gasteiger partial charge in [0.15, 0.2) is 17.5 Å². The van der Waals surface area contributed by atoms with Gasteiger partial charge in [-0.3, -0.25) is 9.59 Å². The summed E-state index contributed by atoms with van der Waals surface area (Å²) in [5.74, 6) is -6.91. The number of amides is 2. The number of nitrogens with zero attached hydrogens (tertiary/aromatic N) is 11. The van der Waals surface area contributed by atoms with Gasteiger partial charge in [-0.05, 0) is 110 Å². The molecule has 25 heteroatoms. The van der Waals surface area contributed by atoms with E-state index in [1.165, 1.54) is 55.6 Å². The van der Waals surface area contributed by atoms with Crippen LogP contribution in [-0.4, -0.2) is 132 Å². The molecule has 79 heavy (non-hydrogen) atoms. The number of carbonyl (C=O) groups is 3. The van der Waals surface area contributed by atoms with Crippen LogP contribution in [0.1, 0.15) is 109 Å². The van der Waals surface area contributed by atoms with Crippen molar-refractivity contribution in [1.82, 2.24) is 54.7 Å². The van der Waals surface area contributed by atoms with Gasteiger partial charge >= 0.3 is 24.8 Å². The number of hydrogen-bond donors (Lipinski definition) is 3. The number of aromatic nitrogens is 9. The molecule has 9 rings (SSSR count). The molecule has 3 N–H and O–H groups in total. The molecule has 2 amide bonds. The maximum Gasteiger partial charge on any atom is 1.00 e. The fraction of sp³-hybridized carbons (Fsp3) is 0.352. The first-order chi connectivity index (χ1) is 36.5. The Bertz CT molecular complexity index is 3110. The first-order valence-corrected chi connectivity index (χ1v) is 24.2. The van der Waals surface area contributed by atoms with Crippen LogP contribution in [0.25, 0.3) is 11.4 Å². The fourth-order valence-electron chi connectivity index (χ4n) is 8.18. The smallest absolute Gasteiger partial charge is 0.470 e. The summed E-state index contributed by atoms with van der Waals surface area (Å²) in [5.41, 5.74) is -0.908. The molecule has 0 bridgehead atoms. The van der Waals surface area contributed by atoms with Crippen molar-refractivity contribution in [2.45, 2.75) is 103 Å². The van der Waals surface area contributed by atoms with E-state index >= 15 is 0 Å². The number of methoxy groups -OCH3 is 1. The monoisotopic (exact) mass is 1090 g/mol. The van der Waals surface area contributed by atoms with E-state index in [1.54, 1.807) is 58.9 Å². The number of hydrogen-bond acceptors (Lipinski definition) is 15. The quantitative estimate of drug-likeness (QED) is 0.0592. The van der Waals surface area contributed by atoms with Crippen LogP contribution in [0.4, 0.5) is 22.0 Å². The van der Waals surface area contributed by atoms with E-state index in [-0.39, 0.29) is 73.7 Å². The van der Waals surface area contributed by atoms with Crippen LogP contribution in [0.5, 0.6) is 5.88 Å². The topological polar surface area (TPSA) is 237 Å². The van der Waals surface area contributed by atoms with Gasteiger partial charge in [-0.1, -0.05) is 24.3 Å². The zero-order valence-electron chi connectivity index (χ0n) is 45.1. The van der Waals surface area contributed by atoms with Crippen LogP contribution in [0.15, 0.2) is 110 Å². The third-order valence-electron chi connectivity index (χ3n) is 12.3. The van der Waals surface area contributed by atoms with Gasteiger partial charge in [0.05, 0.1) is 78.2 Å². The van der Waals surface area contributed by atoms with Crippen molar-refractivity contribution in [1.29, 1.82) is 0 Å². The second-order valence-corrected chi connectivity index (χ2v) is 18.8. The summed E-state index contributed by atoms with van der Waals surface area (Å²) in [6.45, 7) is 10.4. The molecule has 0 spiro atoms. The number of aliphatic hydroxyl groups is 3. The summed E-state index contributed by atoms with van der Waals surface area (Å²) >= 11 is 0. The number of para-hydroxylation sites is 2. The first kappa shape index (κ1) is 64.0. The average Bonchev–Trinajstić information content (AvgIpc) is 4.17. The average molecular weight is 1090 g/mol. The number of β-amino-alcohol motifs (C(OH)–C–C–N with tert-alkyl or cyclic N) is 1. The molecule has 7 aromatic rings. The van der Waals surface area contributed by atoms with E-state index in [0.717, 1.165) is 38.4 Å². The number of rotatable bonds is 9. The Morgan fingerprint density at radius 1 is 0.570 bits per heavy atom. The maximum atomic E-state index is 14.9. The number of benzene rings is 2. The van der Waals surface area contributed by atoms with Crippen molar-refractivity contribution in [3.05, 3.63) is 175 Å². The van der Waals surface area contributed by atoms with E-state index in [9.17, 15) is 51.7 Å². The summed E-state index contributed by atoms with van der Waals surface area (Å²) in [6.07, 6.45) is 11.8. The molecule has 2 aromatic carbocycles. The van der Waals surface area contributed by atoms with E-state index < -0.39 is 64.3 Å². The molecule has 4 atom stereocenters. The van der Waals surface area contributed by atoms with Crippen LogP contribution in [-0.2, 0) is 15.9 Å². The molecule has 416 valence electrons. The Morgan fingerprint density at radius 3 is 1.48 bits per heavy atom. The number of halogens is 5. The molecule has 2 saturated heterocycles. The van der Waals surface area contributed by atoms with E-state index in [2.05, 4.69) is 40.1 Å². The number of carbonyl (C=O) groups excluding carboxylic acids is 3. The minimum Gasteiger partial charge on any atom is -0.470 e. The zero-order valence-corrected chi connectivity index (χ0v) is 45.1. The van der Waals surface area contributed by atoms with Crippen LogP contribution >= 0.6 is 0 Å². The Kier molecular flexibility index (Phi) is 23.0. The van der Waals surface area contributed by atoms with Crippen molar-refractivity contribution in [2.75, 3.05) is 20.2 Å². The van der Waals surface area contributed by atoms with Crippen molar-refractivity contribution >= 4 is 17.8 Å². The predicted molar refractivity (Wildman–Crippen MR) is 273 cm³/mol. The molecule has 0 radical (unpaired) electrons. The standard InChI is InChI=1S/C23H26FN5O3.C15H18N4O2.C8H9F2NO.C7H5F2NO2.CH3.Li/c1-15-8-9-16(32-21-20(24)18(10-11-25-21)23(2,3)31)14-28(15)22(30)17-6-4-5-7-19(17)29-26-12-13-27-29;1-11-6-7-12(20)10-18(11)15(21)13-4-2-3-5-14(13)19-16-8-9-17-19;1-8(2,12)5-3-4-11-7(10)6(5)9;1-12-7(11)4-2-3-10-6(9)5(4)8;;/h4-7,10-13,15-16,31H,8-9,14H2,1-3H3;2-5,8-9,11-12,20H,6-7,10H2,1H3;3-4,12H,1-2H3;2-3H,1H3;1H3;/q;;;;-1;+1/t15-,16-;11-,12-;;;;/m11..../s1. The maximum absolute atomic E-state index is 14.9. The van der Waals surface area contributed by atoms with Gasteiger partial charge in [0.25, 0.3) is 17.7 Å². The Hall–Kier alpha value is -7.49.